The van der Waals surface area contributed by atoms with Crippen LogP contribution >= 0.6 is 23.2 Å². The highest BCUT2D eigenvalue weighted by Crippen LogP contribution is 2.27. The van der Waals surface area contributed by atoms with Crippen molar-refractivity contribution in [3.05, 3.63) is 98.3 Å². The molecule has 0 aliphatic rings. The number of amides is 1. The van der Waals surface area contributed by atoms with Gasteiger partial charge in [-0.25, -0.2) is 9.82 Å². The third-order valence-corrected chi connectivity index (χ3v) is 5.06. The molecule has 0 radical (unpaired) electrons. The van der Waals surface area contributed by atoms with Crippen LogP contribution in [0.15, 0.2) is 59.7 Å². The van der Waals surface area contributed by atoms with Gasteiger partial charge in [0.2, 0.25) is 0 Å². The Morgan fingerprint density at radius 1 is 1.07 bits per heavy atom. The van der Waals surface area contributed by atoms with E-state index in [1.165, 1.54) is 24.4 Å². The molecule has 0 aromatic heterocycles. The van der Waals surface area contributed by atoms with Gasteiger partial charge in [-0.15, -0.1) is 0 Å². The van der Waals surface area contributed by atoms with E-state index in [2.05, 4.69) is 10.5 Å². The van der Waals surface area contributed by atoms with E-state index in [0.717, 1.165) is 34.1 Å². The molecule has 0 saturated heterocycles. The number of benzene rings is 3. The van der Waals surface area contributed by atoms with Gasteiger partial charge in [-0.1, -0.05) is 35.3 Å². The van der Waals surface area contributed by atoms with E-state index >= 15 is 0 Å². The number of nitrogens with zero attached hydrogens (tertiary/aromatic N) is 1. The van der Waals surface area contributed by atoms with Gasteiger partial charge in [0.05, 0.1) is 16.3 Å². The van der Waals surface area contributed by atoms with Crippen LogP contribution in [0.4, 0.5) is 4.39 Å². The summed E-state index contributed by atoms with van der Waals surface area (Å²) in [6, 6.07) is 14.6. The van der Waals surface area contributed by atoms with Crippen LogP contribution in [0.1, 0.15) is 32.6 Å². The molecule has 7 heteroatoms. The zero-order chi connectivity index (χ0) is 21.7. The molecule has 154 valence electrons. The lowest BCUT2D eigenvalue weighted by molar-refractivity contribution is 0.0954. The minimum Gasteiger partial charge on any atom is -0.488 e. The maximum Gasteiger partial charge on any atom is 0.271 e. The van der Waals surface area contributed by atoms with Crippen molar-refractivity contribution in [1.29, 1.82) is 0 Å². The van der Waals surface area contributed by atoms with Gasteiger partial charge in [0.1, 0.15) is 18.2 Å². The van der Waals surface area contributed by atoms with Gasteiger partial charge in [0.25, 0.3) is 5.91 Å². The summed E-state index contributed by atoms with van der Waals surface area (Å²) in [5.41, 5.74) is 6.15. The first-order chi connectivity index (χ1) is 14.3. The number of carbonyl (C=O) groups excluding carboxylic acids is 1. The molecular weight excluding hydrogens is 426 g/mol. The number of carbonyl (C=O) groups is 1. The quantitative estimate of drug-likeness (QED) is 0.369. The topological polar surface area (TPSA) is 50.7 Å². The molecule has 0 bridgehead atoms. The number of ether oxygens (including phenoxy) is 1. The molecule has 0 heterocycles. The molecule has 3 aromatic carbocycles. The summed E-state index contributed by atoms with van der Waals surface area (Å²) >= 11 is 12.0. The van der Waals surface area contributed by atoms with Crippen LogP contribution in [-0.4, -0.2) is 12.1 Å². The van der Waals surface area contributed by atoms with E-state index < -0.39 is 11.7 Å². The highest BCUT2D eigenvalue weighted by atomic mass is 35.5. The Bertz CT molecular complexity index is 1090. The van der Waals surface area contributed by atoms with E-state index in [9.17, 15) is 9.18 Å². The van der Waals surface area contributed by atoms with Crippen molar-refractivity contribution in [2.24, 2.45) is 5.10 Å². The molecule has 0 unspecified atom stereocenters. The lowest BCUT2D eigenvalue weighted by atomic mass is 10.1. The average molecular weight is 445 g/mol. The predicted octanol–water partition coefficient (Wildman–Crippen LogP) is 6.09. The minimum absolute atomic E-state index is 0.200. The van der Waals surface area contributed by atoms with Gasteiger partial charge in [-0.2, -0.15) is 5.10 Å². The van der Waals surface area contributed by atoms with Crippen LogP contribution in [0.2, 0.25) is 10.0 Å². The van der Waals surface area contributed by atoms with Crippen molar-refractivity contribution >= 4 is 35.3 Å². The maximum atomic E-state index is 13.2. The summed E-state index contributed by atoms with van der Waals surface area (Å²) in [7, 11) is 0. The van der Waals surface area contributed by atoms with E-state index in [0.29, 0.717) is 16.7 Å². The van der Waals surface area contributed by atoms with Crippen LogP contribution in [0, 0.1) is 19.7 Å². The lowest BCUT2D eigenvalue weighted by Gasteiger charge is -2.13. The standard InChI is InChI=1S/C23H19Cl2FN2O2/c1-14-8-17(12-27-28-23(29)18-4-3-5-19(26)11-18)9-15(2)22(14)30-13-16-6-7-20(24)21(25)10-16/h3-12H,13H2,1-2H3,(H,28,29)/b27-12-. The van der Waals surface area contributed by atoms with Crippen molar-refractivity contribution < 1.29 is 13.9 Å². The maximum absolute atomic E-state index is 13.2. The van der Waals surface area contributed by atoms with Gasteiger partial charge >= 0.3 is 0 Å². The summed E-state index contributed by atoms with van der Waals surface area (Å²) in [6.45, 7) is 4.22. The zero-order valence-corrected chi connectivity index (χ0v) is 17.9. The third-order valence-electron chi connectivity index (χ3n) is 4.32. The minimum atomic E-state index is -0.485. The monoisotopic (exact) mass is 444 g/mol. The van der Waals surface area contributed by atoms with Crippen molar-refractivity contribution in [3.63, 3.8) is 0 Å². The predicted molar refractivity (Wildman–Crippen MR) is 118 cm³/mol. The van der Waals surface area contributed by atoms with Gasteiger partial charge in [0.15, 0.2) is 0 Å². The molecule has 0 atom stereocenters. The normalized spacial score (nSPS) is 11.0. The molecule has 0 saturated carbocycles. The molecular formula is C23H19Cl2FN2O2. The van der Waals surface area contributed by atoms with Crippen LogP contribution in [-0.2, 0) is 6.61 Å². The Kier molecular flexibility index (Phi) is 7.08. The number of hydrogen-bond donors (Lipinski definition) is 1. The second-order valence-electron chi connectivity index (χ2n) is 6.73. The van der Waals surface area contributed by atoms with E-state index in [1.807, 2.05) is 32.0 Å². The van der Waals surface area contributed by atoms with Gasteiger partial charge in [0, 0.05) is 5.56 Å². The molecule has 3 rings (SSSR count). The Morgan fingerprint density at radius 2 is 1.80 bits per heavy atom. The number of hydrazone groups is 1. The molecule has 0 aliphatic heterocycles. The molecule has 1 N–H and O–H groups in total. The number of rotatable bonds is 6. The Hall–Kier alpha value is -2.89. The number of hydrogen-bond acceptors (Lipinski definition) is 3. The number of nitrogens with one attached hydrogen (secondary N) is 1. The van der Waals surface area contributed by atoms with Crippen molar-refractivity contribution in [1.82, 2.24) is 5.43 Å². The first-order valence-corrected chi connectivity index (χ1v) is 9.86. The molecule has 3 aromatic rings. The van der Waals surface area contributed by atoms with Crippen molar-refractivity contribution in [2.45, 2.75) is 20.5 Å². The largest absolute Gasteiger partial charge is 0.488 e. The Labute approximate surface area is 184 Å². The molecule has 4 nitrogen and oxygen atoms in total. The SMILES string of the molecule is Cc1cc(/C=N\NC(=O)c2cccc(F)c2)cc(C)c1OCc1ccc(Cl)c(Cl)c1. The Morgan fingerprint density at radius 3 is 2.47 bits per heavy atom. The average Bonchev–Trinajstić information content (AvgIpc) is 2.70. The smallest absolute Gasteiger partial charge is 0.271 e. The van der Waals surface area contributed by atoms with Gasteiger partial charge < -0.3 is 4.74 Å². The second kappa shape index (κ2) is 9.74. The zero-order valence-electron chi connectivity index (χ0n) is 16.4. The highest BCUT2D eigenvalue weighted by molar-refractivity contribution is 6.42. The fraction of sp³-hybridized carbons (Fsp3) is 0.130. The van der Waals surface area contributed by atoms with Crippen LogP contribution in [0.3, 0.4) is 0 Å². The summed E-state index contributed by atoms with van der Waals surface area (Å²) < 4.78 is 19.2. The molecule has 0 fully saturated rings. The summed E-state index contributed by atoms with van der Waals surface area (Å²) in [4.78, 5) is 12.0. The van der Waals surface area contributed by atoms with Crippen molar-refractivity contribution in [3.8, 4) is 5.75 Å². The first kappa shape index (κ1) is 21.8. The van der Waals surface area contributed by atoms with E-state index in [1.54, 1.807) is 12.1 Å². The van der Waals surface area contributed by atoms with Crippen molar-refractivity contribution in [2.75, 3.05) is 0 Å². The van der Waals surface area contributed by atoms with Crippen LogP contribution in [0.25, 0.3) is 0 Å². The van der Waals surface area contributed by atoms with Gasteiger partial charge in [-0.05, 0) is 78.6 Å². The number of aryl methyl sites for hydroxylation is 2. The number of halogens is 3. The molecule has 1 amide bonds. The third kappa shape index (κ3) is 5.59. The highest BCUT2D eigenvalue weighted by Gasteiger charge is 2.08. The lowest BCUT2D eigenvalue weighted by Crippen LogP contribution is -2.17. The Balaban J connectivity index is 1.65. The fourth-order valence-corrected chi connectivity index (χ4v) is 3.25. The summed E-state index contributed by atoms with van der Waals surface area (Å²) in [6.07, 6.45) is 1.53. The molecule has 0 aliphatic carbocycles. The van der Waals surface area contributed by atoms with Gasteiger partial charge in [-0.3, -0.25) is 4.79 Å². The van der Waals surface area contributed by atoms with Crippen LogP contribution < -0.4 is 10.2 Å². The fourth-order valence-electron chi connectivity index (χ4n) is 2.93. The van der Waals surface area contributed by atoms with Crippen LogP contribution in [0.5, 0.6) is 5.75 Å². The van der Waals surface area contributed by atoms with E-state index in [-0.39, 0.29) is 5.56 Å². The molecule has 0 spiro atoms. The molecule has 30 heavy (non-hydrogen) atoms. The second-order valence-corrected chi connectivity index (χ2v) is 7.54. The first-order valence-electron chi connectivity index (χ1n) is 9.10. The van der Waals surface area contributed by atoms with E-state index in [4.69, 9.17) is 27.9 Å². The summed E-state index contributed by atoms with van der Waals surface area (Å²) in [5, 5.41) is 4.94. The summed E-state index contributed by atoms with van der Waals surface area (Å²) in [5.74, 6) is -0.197.